The third-order valence-corrected chi connectivity index (χ3v) is 4.02. The van der Waals surface area contributed by atoms with E-state index in [4.69, 9.17) is 0 Å². The molecule has 25 heavy (non-hydrogen) atoms. The number of carbonyl (C=O) groups is 1. The number of hydrogen-bond acceptors (Lipinski definition) is 3. The molecule has 0 radical (unpaired) electrons. The maximum absolute atomic E-state index is 12.4. The van der Waals surface area contributed by atoms with Crippen LogP contribution < -0.4 is 16.6 Å². The van der Waals surface area contributed by atoms with Gasteiger partial charge in [0.25, 0.3) is 11.5 Å². The van der Waals surface area contributed by atoms with Crippen LogP contribution >= 0.6 is 0 Å². The van der Waals surface area contributed by atoms with Crippen LogP contribution in [0.25, 0.3) is 11.1 Å². The van der Waals surface area contributed by atoms with Crippen LogP contribution in [0.4, 0.5) is 5.82 Å². The summed E-state index contributed by atoms with van der Waals surface area (Å²) in [5.74, 6) is -0.229. The van der Waals surface area contributed by atoms with Gasteiger partial charge in [0.1, 0.15) is 5.82 Å². The molecule has 1 aromatic heterocycles. The normalized spacial score (nSPS) is 10.5. The number of anilines is 1. The van der Waals surface area contributed by atoms with Crippen LogP contribution in [0.1, 0.15) is 10.4 Å². The van der Waals surface area contributed by atoms with E-state index in [1.165, 1.54) is 24.7 Å². The fraction of sp³-hybridized carbons (Fsp3) is 0.105. The topological polar surface area (TPSA) is 73.1 Å². The zero-order valence-corrected chi connectivity index (χ0v) is 13.9. The van der Waals surface area contributed by atoms with Gasteiger partial charge in [0.2, 0.25) is 0 Å². The van der Waals surface area contributed by atoms with Gasteiger partial charge in [-0.2, -0.15) is 0 Å². The molecule has 0 aliphatic rings. The molecule has 0 spiro atoms. The highest BCUT2D eigenvalue weighted by Gasteiger charge is 2.11. The van der Waals surface area contributed by atoms with Crippen molar-refractivity contribution in [1.29, 1.82) is 0 Å². The molecule has 0 saturated carbocycles. The van der Waals surface area contributed by atoms with Crippen molar-refractivity contribution in [3.05, 3.63) is 87.1 Å². The second-order valence-corrected chi connectivity index (χ2v) is 5.67. The van der Waals surface area contributed by atoms with Crippen molar-refractivity contribution in [2.45, 2.75) is 0 Å². The van der Waals surface area contributed by atoms with Crippen molar-refractivity contribution in [1.82, 2.24) is 9.13 Å². The number of rotatable bonds is 3. The van der Waals surface area contributed by atoms with E-state index in [9.17, 15) is 14.4 Å². The molecule has 0 aliphatic heterocycles. The largest absolute Gasteiger partial charge is 0.332 e. The van der Waals surface area contributed by atoms with Crippen LogP contribution in [0.15, 0.2) is 70.3 Å². The van der Waals surface area contributed by atoms with Gasteiger partial charge in [-0.15, -0.1) is 0 Å². The maximum Gasteiger partial charge on any atom is 0.332 e. The zero-order chi connectivity index (χ0) is 18.0. The number of nitrogens with zero attached hydrogens (tertiary/aromatic N) is 2. The first kappa shape index (κ1) is 16.4. The molecule has 1 amide bonds. The Kier molecular flexibility index (Phi) is 4.35. The van der Waals surface area contributed by atoms with Crippen LogP contribution in [0, 0.1) is 0 Å². The summed E-state index contributed by atoms with van der Waals surface area (Å²) in [5.41, 5.74) is 1.52. The highest BCUT2D eigenvalue weighted by atomic mass is 16.2. The summed E-state index contributed by atoms with van der Waals surface area (Å²) in [6.07, 6.45) is 0. The van der Waals surface area contributed by atoms with E-state index in [-0.39, 0.29) is 11.7 Å². The van der Waals surface area contributed by atoms with E-state index >= 15 is 0 Å². The molecule has 0 bridgehead atoms. The van der Waals surface area contributed by atoms with Crippen LogP contribution in [0.5, 0.6) is 0 Å². The van der Waals surface area contributed by atoms with Gasteiger partial charge in [0, 0.05) is 25.7 Å². The smallest absolute Gasteiger partial charge is 0.308 e. The van der Waals surface area contributed by atoms with Crippen molar-refractivity contribution in [2.75, 3.05) is 5.32 Å². The average molecular weight is 335 g/mol. The molecule has 126 valence electrons. The van der Waals surface area contributed by atoms with Gasteiger partial charge in [0.15, 0.2) is 0 Å². The van der Waals surface area contributed by atoms with E-state index in [1.807, 2.05) is 42.5 Å². The molecular formula is C19H17N3O3. The number of amides is 1. The van der Waals surface area contributed by atoms with E-state index in [2.05, 4.69) is 5.32 Å². The first-order valence-corrected chi connectivity index (χ1v) is 7.71. The Hall–Kier alpha value is -3.41. The summed E-state index contributed by atoms with van der Waals surface area (Å²) in [4.78, 5) is 36.0. The average Bonchev–Trinajstić information content (AvgIpc) is 2.65. The van der Waals surface area contributed by atoms with Gasteiger partial charge >= 0.3 is 5.69 Å². The van der Waals surface area contributed by atoms with Gasteiger partial charge in [-0.1, -0.05) is 42.5 Å². The lowest BCUT2D eigenvalue weighted by molar-refractivity contribution is 0.102. The Labute approximate surface area is 144 Å². The minimum atomic E-state index is -0.498. The molecule has 0 fully saturated rings. The first-order chi connectivity index (χ1) is 12.0. The van der Waals surface area contributed by atoms with E-state index in [0.29, 0.717) is 5.56 Å². The van der Waals surface area contributed by atoms with Crippen molar-refractivity contribution in [3.63, 3.8) is 0 Å². The molecule has 1 N–H and O–H groups in total. The van der Waals surface area contributed by atoms with Crippen LogP contribution in [-0.2, 0) is 14.1 Å². The van der Waals surface area contributed by atoms with Crippen molar-refractivity contribution >= 4 is 11.7 Å². The lowest BCUT2D eigenvalue weighted by atomic mass is 10.0. The second-order valence-electron chi connectivity index (χ2n) is 5.67. The molecule has 3 aromatic rings. The Bertz CT molecular complexity index is 1030. The maximum atomic E-state index is 12.4. The van der Waals surface area contributed by atoms with E-state index in [1.54, 1.807) is 12.1 Å². The summed E-state index contributed by atoms with van der Waals surface area (Å²) < 4.78 is 2.20. The Morgan fingerprint density at radius 2 is 1.44 bits per heavy atom. The van der Waals surface area contributed by atoms with Crippen LogP contribution in [0.3, 0.4) is 0 Å². The Morgan fingerprint density at radius 1 is 0.840 bits per heavy atom. The molecule has 3 rings (SSSR count). The SMILES string of the molecule is Cn1c(NC(=O)c2ccc(-c3ccccc3)cc2)cc(=O)n(C)c1=O. The summed E-state index contributed by atoms with van der Waals surface area (Å²) >= 11 is 0. The number of hydrogen-bond donors (Lipinski definition) is 1. The minimum Gasteiger partial charge on any atom is -0.308 e. The summed E-state index contributed by atoms with van der Waals surface area (Å²) in [6.45, 7) is 0. The predicted octanol–water partition coefficient (Wildman–Crippen LogP) is 2.00. The van der Waals surface area contributed by atoms with Gasteiger partial charge in [-0.05, 0) is 23.3 Å². The van der Waals surface area contributed by atoms with Crippen LogP contribution in [-0.4, -0.2) is 15.0 Å². The molecule has 2 aromatic carbocycles. The number of carbonyl (C=O) groups excluding carboxylic acids is 1. The molecule has 1 heterocycles. The van der Waals surface area contributed by atoms with Crippen molar-refractivity contribution in [2.24, 2.45) is 14.1 Å². The second kappa shape index (κ2) is 6.60. The van der Waals surface area contributed by atoms with Gasteiger partial charge < -0.3 is 5.32 Å². The van der Waals surface area contributed by atoms with Gasteiger partial charge in [0.05, 0.1) is 0 Å². The monoisotopic (exact) mass is 335 g/mol. The lowest BCUT2D eigenvalue weighted by Crippen LogP contribution is -2.38. The van der Waals surface area contributed by atoms with Crippen LogP contribution in [0.2, 0.25) is 0 Å². The molecule has 0 atom stereocenters. The van der Waals surface area contributed by atoms with E-state index in [0.717, 1.165) is 15.7 Å². The summed E-state index contributed by atoms with van der Waals surface area (Å²) in [5, 5.41) is 2.61. The molecule has 0 aliphatic carbocycles. The fourth-order valence-corrected chi connectivity index (χ4v) is 2.49. The Balaban J connectivity index is 1.85. The Morgan fingerprint density at radius 3 is 2.08 bits per heavy atom. The van der Waals surface area contributed by atoms with Crippen molar-refractivity contribution in [3.8, 4) is 11.1 Å². The summed E-state index contributed by atoms with van der Waals surface area (Å²) in [7, 11) is 2.88. The van der Waals surface area contributed by atoms with E-state index < -0.39 is 11.2 Å². The number of benzene rings is 2. The number of nitrogens with one attached hydrogen (secondary N) is 1. The third kappa shape index (κ3) is 3.28. The molecule has 0 saturated heterocycles. The first-order valence-electron chi connectivity index (χ1n) is 7.71. The predicted molar refractivity (Wildman–Crippen MR) is 96.8 cm³/mol. The lowest BCUT2D eigenvalue weighted by Gasteiger charge is -2.11. The number of aromatic nitrogens is 2. The third-order valence-electron chi connectivity index (χ3n) is 4.02. The quantitative estimate of drug-likeness (QED) is 0.796. The highest BCUT2D eigenvalue weighted by Crippen LogP contribution is 2.19. The zero-order valence-electron chi connectivity index (χ0n) is 13.9. The summed E-state index contributed by atoms with van der Waals surface area (Å²) in [6, 6.07) is 18.2. The molecular weight excluding hydrogens is 318 g/mol. The molecule has 6 heteroatoms. The molecule has 0 unspecified atom stereocenters. The minimum absolute atomic E-state index is 0.158. The fourth-order valence-electron chi connectivity index (χ4n) is 2.49. The highest BCUT2D eigenvalue weighted by molar-refractivity contribution is 6.04. The van der Waals surface area contributed by atoms with Gasteiger partial charge in [-0.25, -0.2) is 4.79 Å². The standard InChI is InChI=1S/C19H17N3O3/c1-21-16(12-17(23)22(2)19(21)25)20-18(24)15-10-8-14(9-11-15)13-6-4-3-5-7-13/h3-12H,1-2H3,(H,20,24). The van der Waals surface area contributed by atoms with Gasteiger partial charge in [-0.3, -0.25) is 18.7 Å². The van der Waals surface area contributed by atoms with Crippen molar-refractivity contribution < 1.29 is 4.79 Å². The molecule has 6 nitrogen and oxygen atoms in total.